The van der Waals surface area contributed by atoms with E-state index in [2.05, 4.69) is 54.5 Å². The van der Waals surface area contributed by atoms with Crippen molar-refractivity contribution in [2.75, 3.05) is 0 Å². The monoisotopic (exact) mass is 396 g/mol. The van der Waals surface area contributed by atoms with E-state index in [1.807, 2.05) is 0 Å². The molecule has 116 valence electrons. The van der Waals surface area contributed by atoms with Crippen LogP contribution in [0.2, 0.25) is 0 Å². The van der Waals surface area contributed by atoms with Crippen molar-refractivity contribution in [3.05, 3.63) is 32.4 Å². The van der Waals surface area contributed by atoms with Gasteiger partial charge >= 0.3 is 0 Å². The highest BCUT2D eigenvalue weighted by molar-refractivity contribution is 14.1. The van der Waals surface area contributed by atoms with Crippen molar-refractivity contribution in [2.45, 2.75) is 78.1 Å². The number of hydrogen-bond acceptors (Lipinski definition) is 0. The average molecular weight is 396 g/mol. The lowest BCUT2D eigenvalue weighted by Crippen LogP contribution is -1.99. The molecule has 0 aliphatic carbocycles. The summed E-state index contributed by atoms with van der Waals surface area (Å²) in [5.74, 6) is 2.83. The van der Waals surface area contributed by atoms with E-state index in [1.54, 1.807) is 0 Å². The maximum Gasteiger partial charge on any atom is 0.0379 e. The Balaban J connectivity index is 2.72. The molecule has 0 radical (unpaired) electrons. The number of aryl methyl sites for hydroxylation is 2. The summed E-state index contributed by atoms with van der Waals surface area (Å²) in [6.45, 7) is 4.53. The van der Waals surface area contributed by atoms with Gasteiger partial charge in [-0.05, 0) is 71.5 Å². The van der Waals surface area contributed by atoms with Gasteiger partial charge in [-0.2, -0.15) is 0 Å². The number of unbranched alkanes of at least 4 members (excludes halogenated alkanes) is 6. The SMILES string of the molecule is C#Cc1cc(CCCCCC)c(CCCCCC)cc1I. The van der Waals surface area contributed by atoms with Gasteiger partial charge < -0.3 is 0 Å². The number of rotatable bonds is 10. The highest BCUT2D eigenvalue weighted by Crippen LogP contribution is 2.22. The molecule has 0 saturated heterocycles. The molecule has 0 saturated carbocycles. The van der Waals surface area contributed by atoms with E-state index in [0.717, 1.165) is 5.56 Å². The molecule has 0 amide bonds. The minimum absolute atomic E-state index is 1.07. The van der Waals surface area contributed by atoms with Gasteiger partial charge in [-0.3, -0.25) is 0 Å². The summed E-state index contributed by atoms with van der Waals surface area (Å²) in [5.41, 5.74) is 4.10. The molecule has 21 heavy (non-hydrogen) atoms. The molecule has 0 aliphatic heterocycles. The first-order valence-electron chi connectivity index (χ1n) is 8.50. The molecule has 0 N–H and O–H groups in total. The Morgan fingerprint density at radius 3 is 1.86 bits per heavy atom. The molecule has 1 rings (SSSR count). The molecule has 0 nitrogen and oxygen atoms in total. The number of halogens is 1. The average Bonchev–Trinajstić information content (AvgIpc) is 2.49. The van der Waals surface area contributed by atoms with E-state index < -0.39 is 0 Å². The Bertz CT molecular complexity index is 454. The molecule has 0 aliphatic rings. The summed E-state index contributed by atoms with van der Waals surface area (Å²) < 4.78 is 1.23. The molecule has 0 spiro atoms. The molecule has 1 heteroatoms. The Hall–Kier alpha value is -0.490. The molecule has 0 atom stereocenters. The quantitative estimate of drug-likeness (QED) is 0.240. The van der Waals surface area contributed by atoms with Crippen molar-refractivity contribution in [1.29, 1.82) is 0 Å². The lowest BCUT2D eigenvalue weighted by atomic mass is 9.95. The largest absolute Gasteiger partial charge is 0.115 e. The summed E-state index contributed by atoms with van der Waals surface area (Å²) in [5, 5.41) is 0. The summed E-state index contributed by atoms with van der Waals surface area (Å²) in [6, 6.07) is 4.60. The summed E-state index contributed by atoms with van der Waals surface area (Å²) in [7, 11) is 0. The van der Waals surface area contributed by atoms with Crippen LogP contribution in [0, 0.1) is 15.9 Å². The maximum atomic E-state index is 5.63. The predicted molar refractivity (Wildman–Crippen MR) is 103 cm³/mol. The summed E-state index contributed by atoms with van der Waals surface area (Å²) >= 11 is 2.38. The van der Waals surface area contributed by atoms with Crippen LogP contribution in [0.15, 0.2) is 12.1 Å². The Kier molecular flexibility index (Phi) is 9.83. The van der Waals surface area contributed by atoms with Crippen LogP contribution in [-0.2, 0) is 12.8 Å². The molecule has 0 bridgehead atoms. The highest BCUT2D eigenvalue weighted by atomic mass is 127. The van der Waals surface area contributed by atoms with Gasteiger partial charge in [0.25, 0.3) is 0 Å². The molecular weight excluding hydrogens is 367 g/mol. The standard InChI is InChI=1S/C20H29I/c1-4-7-9-11-13-18-15-17(6-3)20(21)16-19(18)14-12-10-8-5-2/h3,15-16H,4-5,7-14H2,1-2H3. The molecule has 0 aromatic heterocycles. The first kappa shape index (κ1) is 18.6. The Labute approximate surface area is 145 Å². The minimum Gasteiger partial charge on any atom is -0.115 e. The summed E-state index contributed by atoms with van der Waals surface area (Å²) in [4.78, 5) is 0. The number of terminal acetylenes is 1. The van der Waals surface area contributed by atoms with E-state index in [-0.39, 0.29) is 0 Å². The number of benzene rings is 1. The first-order valence-corrected chi connectivity index (χ1v) is 9.58. The topological polar surface area (TPSA) is 0 Å². The zero-order valence-corrected chi connectivity index (χ0v) is 15.8. The van der Waals surface area contributed by atoms with E-state index >= 15 is 0 Å². The van der Waals surface area contributed by atoms with Crippen molar-refractivity contribution < 1.29 is 0 Å². The van der Waals surface area contributed by atoms with Crippen LogP contribution in [0.1, 0.15) is 81.9 Å². The Morgan fingerprint density at radius 1 is 0.857 bits per heavy atom. The third-order valence-corrected chi connectivity index (χ3v) is 4.94. The zero-order valence-electron chi connectivity index (χ0n) is 13.7. The molecule has 0 unspecified atom stereocenters. The second-order valence-electron chi connectivity index (χ2n) is 5.87. The first-order chi connectivity index (χ1) is 10.2. The second kappa shape index (κ2) is 11.1. The van der Waals surface area contributed by atoms with Crippen molar-refractivity contribution >= 4 is 22.6 Å². The van der Waals surface area contributed by atoms with Crippen LogP contribution in [-0.4, -0.2) is 0 Å². The molecular formula is C20H29I. The van der Waals surface area contributed by atoms with Crippen LogP contribution in [0.5, 0.6) is 0 Å². The van der Waals surface area contributed by atoms with Gasteiger partial charge in [-0.15, -0.1) is 6.42 Å². The van der Waals surface area contributed by atoms with Crippen molar-refractivity contribution in [3.63, 3.8) is 0 Å². The van der Waals surface area contributed by atoms with Gasteiger partial charge in [0, 0.05) is 9.13 Å². The van der Waals surface area contributed by atoms with Gasteiger partial charge in [0.1, 0.15) is 0 Å². The van der Waals surface area contributed by atoms with Crippen molar-refractivity contribution in [2.24, 2.45) is 0 Å². The van der Waals surface area contributed by atoms with Crippen LogP contribution < -0.4 is 0 Å². The van der Waals surface area contributed by atoms with E-state index in [0.29, 0.717) is 0 Å². The molecule has 0 fully saturated rings. The van der Waals surface area contributed by atoms with Crippen LogP contribution >= 0.6 is 22.6 Å². The smallest absolute Gasteiger partial charge is 0.0379 e. The lowest BCUT2D eigenvalue weighted by Gasteiger charge is -2.12. The summed E-state index contributed by atoms with van der Waals surface area (Å²) in [6.07, 6.45) is 18.6. The van der Waals surface area contributed by atoms with Crippen LogP contribution in [0.4, 0.5) is 0 Å². The third kappa shape index (κ3) is 6.87. The fraction of sp³-hybridized carbons (Fsp3) is 0.600. The normalized spacial score (nSPS) is 10.6. The fourth-order valence-electron chi connectivity index (χ4n) is 2.72. The maximum absolute atomic E-state index is 5.63. The van der Waals surface area contributed by atoms with Gasteiger partial charge in [0.05, 0.1) is 0 Å². The van der Waals surface area contributed by atoms with Gasteiger partial charge in [0.2, 0.25) is 0 Å². The van der Waals surface area contributed by atoms with Crippen LogP contribution in [0.25, 0.3) is 0 Å². The predicted octanol–water partition coefficient (Wildman–Crippen LogP) is 6.52. The molecule has 1 aromatic rings. The van der Waals surface area contributed by atoms with E-state index in [4.69, 9.17) is 6.42 Å². The van der Waals surface area contributed by atoms with Crippen molar-refractivity contribution in [3.8, 4) is 12.3 Å². The van der Waals surface area contributed by atoms with Gasteiger partial charge in [-0.25, -0.2) is 0 Å². The lowest BCUT2D eigenvalue weighted by molar-refractivity contribution is 0.650. The van der Waals surface area contributed by atoms with E-state index in [1.165, 1.54) is 78.9 Å². The second-order valence-corrected chi connectivity index (χ2v) is 7.03. The van der Waals surface area contributed by atoms with E-state index in [9.17, 15) is 0 Å². The zero-order chi connectivity index (χ0) is 15.5. The molecule has 0 heterocycles. The van der Waals surface area contributed by atoms with Crippen molar-refractivity contribution in [1.82, 2.24) is 0 Å². The minimum atomic E-state index is 1.07. The third-order valence-electron chi connectivity index (χ3n) is 4.04. The highest BCUT2D eigenvalue weighted by Gasteiger charge is 2.07. The fourth-order valence-corrected chi connectivity index (χ4v) is 3.41. The Morgan fingerprint density at radius 2 is 1.38 bits per heavy atom. The van der Waals surface area contributed by atoms with Gasteiger partial charge in [-0.1, -0.05) is 58.3 Å². The van der Waals surface area contributed by atoms with Gasteiger partial charge in [0.15, 0.2) is 0 Å². The molecule has 1 aromatic carbocycles. The van der Waals surface area contributed by atoms with Crippen LogP contribution in [0.3, 0.4) is 0 Å². The number of hydrogen-bond donors (Lipinski definition) is 0.